The van der Waals surface area contributed by atoms with E-state index in [1.54, 1.807) is 24.3 Å². The minimum absolute atomic E-state index is 0.0889. The van der Waals surface area contributed by atoms with Gasteiger partial charge in [-0.05, 0) is 43.4 Å². The van der Waals surface area contributed by atoms with E-state index in [1.807, 2.05) is 0 Å². The second-order valence-electron chi connectivity index (χ2n) is 6.00. The molecule has 0 aliphatic heterocycles. The van der Waals surface area contributed by atoms with Crippen molar-refractivity contribution in [3.05, 3.63) is 34.9 Å². The molecule has 3 nitrogen and oxygen atoms in total. The molecule has 0 radical (unpaired) electrons. The number of ether oxygens (including phenoxy) is 1. The summed E-state index contributed by atoms with van der Waals surface area (Å²) in [5, 5.41) is 0.459. The molecule has 132 valence electrons. The van der Waals surface area contributed by atoms with Crippen LogP contribution in [0, 0.1) is 11.8 Å². The van der Waals surface area contributed by atoms with E-state index < -0.39 is 29.9 Å². The molecule has 1 aromatic carbocycles. The Labute approximate surface area is 143 Å². The molecule has 2 rings (SSSR count). The Morgan fingerprint density at radius 3 is 2.12 bits per heavy atom. The van der Waals surface area contributed by atoms with Gasteiger partial charge in [-0.25, -0.2) is 0 Å². The molecule has 0 spiro atoms. The average Bonchev–Trinajstić information content (AvgIpc) is 2.55. The predicted octanol–water partition coefficient (Wildman–Crippen LogP) is 4.53. The largest absolute Gasteiger partial charge is 0.468 e. The quantitative estimate of drug-likeness (QED) is 0.583. The number of carbonyl (C=O) groups is 2. The Hall–Kier alpha value is -1.56. The number of carbonyl (C=O) groups excluding carboxylic acids is 2. The number of halogens is 4. The molecule has 0 amide bonds. The monoisotopic (exact) mass is 362 g/mol. The van der Waals surface area contributed by atoms with Gasteiger partial charge in [-0.2, -0.15) is 13.2 Å². The molecule has 1 saturated carbocycles. The maximum Gasteiger partial charge on any atom is 0.391 e. The SMILES string of the molecule is COC(=O)C(C(=O)C1CCC(C(F)(F)F)CC1)c1ccc(Cl)cc1. The molecule has 1 unspecified atom stereocenters. The summed E-state index contributed by atoms with van der Waals surface area (Å²) >= 11 is 5.81. The topological polar surface area (TPSA) is 43.4 Å². The summed E-state index contributed by atoms with van der Waals surface area (Å²) in [6, 6.07) is 6.23. The highest BCUT2D eigenvalue weighted by Gasteiger charge is 2.44. The predicted molar refractivity (Wildman–Crippen MR) is 82.7 cm³/mol. The number of hydrogen-bond acceptors (Lipinski definition) is 3. The molecule has 1 aliphatic rings. The highest BCUT2D eigenvalue weighted by Crippen LogP contribution is 2.41. The molecule has 1 fully saturated rings. The van der Waals surface area contributed by atoms with E-state index in [-0.39, 0.29) is 31.5 Å². The normalized spacial score (nSPS) is 22.7. The van der Waals surface area contributed by atoms with E-state index in [0.29, 0.717) is 10.6 Å². The third kappa shape index (κ3) is 4.29. The number of ketones is 1. The smallest absolute Gasteiger partial charge is 0.391 e. The van der Waals surface area contributed by atoms with Crippen molar-refractivity contribution in [1.29, 1.82) is 0 Å². The van der Waals surface area contributed by atoms with Crippen molar-refractivity contribution < 1.29 is 27.5 Å². The lowest BCUT2D eigenvalue weighted by Gasteiger charge is -2.30. The zero-order valence-corrected chi connectivity index (χ0v) is 13.9. The van der Waals surface area contributed by atoms with Crippen molar-refractivity contribution in [2.45, 2.75) is 37.8 Å². The van der Waals surface area contributed by atoms with E-state index in [0.717, 1.165) is 0 Å². The third-order valence-electron chi connectivity index (χ3n) is 4.52. The molecular formula is C17H18ClF3O3. The van der Waals surface area contributed by atoms with Crippen molar-refractivity contribution in [2.24, 2.45) is 11.8 Å². The van der Waals surface area contributed by atoms with Crippen LogP contribution in [0.1, 0.15) is 37.2 Å². The minimum atomic E-state index is -4.23. The van der Waals surface area contributed by atoms with Gasteiger partial charge in [-0.15, -0.1) is 0 Å². The lowest BCUT2D eigenvalue weighted by Crippen LogP contribution is -2.34. The standard InChI is InChI=1S/C17H18ClF3O3/c1-24-16(23)14(10-4-8-13(18)9-5-10)15(22)11-2-6-12(7-3-11)17(19,20)21/h4-5,8-9,11-12,14H,2-3,6-7H2,1H3. The van der Waals surface area contributed by atoms with Gasteiger partial charge < -0.3 is 4.74 Å². The maximum absolute atomic E-state index is 12.7. The van der Waals surface area contributed by atoms with Crippen LogP contribution in [0.3, 0.4) is 0 Å². The fraction of sp³-hybridized carbons (Fsp3) is 0.529. The summed E-state index contributed by atoms with van der Waals surface area (Å²) in [5.74, 6) is -4.15. The second kappa shape index (κ2) is 7.55. The van der Waals surface area contributed by atoms with Crippen LogP contribution in [-0.4, -0.2) is 25.0 Å². The molecular weight excluding hydrogens is 345 g/mol. The van der Waals surface area contributed by atoms with Gasteiger partial charge in [0.1, 0.15) is 5.92 Å². The molecule has 0 N–H and O–H groups in total. The Kier molecular flexibility index (Phi) is 5.91. The fourth-order valence-corrected chi connectivity index (χ4v) is 3.26. The average molecular weight is 363 g/mol. The number of rotatable bonds is 4. The van der Waals surface area contributed by atoms with Crippen molar-refractivity contribution in [3.63, 3.8) is 0 Å². The molecule has 0 heterocycles. The number of hydrogen-bond donors (Lipinski definition) is 0. The van der Waals surface area contributed by atoms with E-state index in [9.17, 15) is 22.8 Å². The van der Waals surface area contributed by atoms with Gasteiger partial charge in [0.25, 0.3) is 0 Å². The molecule has 1 aromatic rings. The molecule has 0 saturated heterocycles. The Morgan fingerprint density at radius 1 is 1.12 bits per heavy atom. The summed E-state index contributed by atoms with van der Waals surface area (Å²) in [7, 11) is 1.18. The van der Waals surface area contributed by atoms with Gasteiger partial charge in [-0.1, -0.05) is 23.7 Å². The first-order valence-electron chi connectivity index (χ1n) is 7.67. The number of benzene rings is 1. The highest BCUT2D eigenvalue weighted by atomic mass is 35.5. The molecule has 1 atom stereocenters. The van der Waals surface area contributed by atoms with Gasteiger partial charge in [0.05, 0.1) is 13.0 Å². The van der Waals surface area contributed by atoms with E-state index in [4.69, 9.17) is 16.3 Å². The van der Waals surface area contributed by atoms with Crippen LogP contribution in [0.25, 0.3) is 0 Å². The highest BCUT2D eigenvalue weighted by molar-refractivity contribution is 6.30. The van der Waals surface area contributed by atoms with E-state index in [1.165, 1.54) is 7.11 Å². The summed E-state index contributed by atoms with van der Waals surface area (Å²) in [4.78, 5) is 24.8. The third-order valence-corrected chi connectivity index (χ3v) is 4.77. The van der Waals surface area contributed by atoms with Crippen molar-refractivity contribution in [2.75, 3.05) is 7.11 Å². The second-order valence-corrected chi connectivity index (χ2v) is 6.44. The van der Waals surface area contributed by atoms with Crippen LogP contribution in [-0.2, 0) is 14.3 Å². The Bertz CT molecular complexity index is 590. The van der Waals surface area contributed by atoms with Crippen LogP contribution < -0.4 is 0 Å². The van der Waals surface area contributed by atoms with Gasteiger partial charge in [0, 0.05) is 10.9 Å². The molecule has 1 aliphatic carbocycles. The van der Waals surface area contributed by atoms with Crippen LogP contribution in [0.2, 0.25) is 5.02 Å². The van der Waals surface area contributed by atoms with Crippen molar-refractivity contribution >= 4 is 23.4 Å². The first-order chi connectivity index (χ1) is 11.2. The number of methoxy groups -OCH3 is 1. The molecule has 24 heavy (non-hydrogen) atoms. The lowest BCUT2D eigenvalue weighted by atomic mass is 9.75. The summed E-state index contributed by atoms with van der Waals surface area (Å²) in [5.41, 5.74) is 0.439. The van der Waals surface area contributed by atoms with Crippen LogP contribution in [0.4, 0.5) is 13.2 Å². The summed E-state index contributed by atoms with van der Waals surface area (Å²) in [6.07, 6.45) is -4.15. The molecule has 7 heteroatoms. The first kappa shape index (κ1) is 18.8. The summed E-state index contributed by atoms with van der Waals surface area (Å²) in [6.45, 7) is 0. The molecule has 0 aromatic heterocycles. The lowest BCUT2D eigenvalue weighted by molar-refractivity contribution is -0.184. The fourth-order valence-electron chi connectivity index (χ4n) is 3.13. The zero-order valence-electron chi connectivity index (χ0n) is 13.1. The Balaban J connectivity index is 2.15. The van der Waals surface area contributed by atoms with Crippen LogP contribution in [0.5, 0.6) is 0 Å². The van der Waals surface area contributed by atoms with Crippen LogP contribution in [0.15, 0.2) is 24.3 Å². The Morgan fingerprint density at radius 2 is 1.67 bits per heavy atom. The number of Topliss-reactive ketones (excluding diaryl/α,β-unsaturated/α-hetero) is 1. The zero-order chi connectivity index (χ0) is 17.9. The van der Waals surface area contributed by atoms with Gasteiger partial charge in [-0.3, -0.25) is 9.59 Å². The van der Waals surface area contributed by atoms with E-state index >= 15 is 0 Å². The number of alkyl halides is 3. The maximum atomic E-state index is 12.7. The van der Waals surface area contributed by atoms with Gasteiger partial charge >= 0.3 is 12.1 Å². The van der Waals surface area contributed by atoms with E-state index in [2.05, 4.69) is 0 Å². The van der Waals surface area contributed by atoms with Crippen molar-refractivity contribution in [3.8, 4) is 0 Å². The minimum Gasteiger partial charge on any atom is -0.468 e. The van der Waals surface area contributed by atoms with Gasteiger partial charge in [0.15, 0.2) is 5.78 Å². The van der Waals surface area contributed by atoms with Crippen LogP contribution >= 0.6 is 11.6 Å². The number of esters is 1. The van der Waals surface area contributed by atoms with Crippen molar-refractivity contribution in [1.82, 2.24) is 0 Å². The van der Waals surface area contributed by atoms with Gasteiger partial charge in [0.2, 0.25) is 0 Å². The summed E-state index contributed by atoms with van der Waals surface area (Å²) < 4.78 is 42.9. The molecule has 0 bridgehead atoms. The first-order valence-corrected chi connectivity index (χ1v) is 8.05.